The Bertz CT molecular complexity index is 1410. The van der Waals surface area contributed by atoms with Gasteiger partial charge >= 0.3 is 6.03 Å². The van der Waals surface area contributed by atoms with E-state index in [2.05, 4.69) is 78.9 Å². The monoisotopic (exact) mass is 553 g/mol. The lowest BCUT2D eigenvalue weighted by atomic mass is 9.96. The smallest absolute Gasteiger partial charge is 0.326 e. The molecule has 0 bridgehead atoms. The van der Waals surface area contributed by atoms with E-state index < -0.39 is 6.03 Å². The van der Waals surface area contributed by atoms with E-state index in [1.54, 1.807) is 24.3 Å². The third-order valence-electron chi connectivity index (χ3n) is 6.69. The topological polar surface area (TPSA) is 85.7 Å². The molecule has 1 saturated heterocycles. The van der Waals surface area contributed by atoms with E-state index in [9.17, 15) is 4.79 Å². The standard InChI is InChI=1S/C31H32ClN7O/c1-22-20-23(2)34-29(33-22)36-30(37-31(40)35-27-15-9-14-26(32)21-27)39-18-16-38(17-19-39)28(24-10-5-3-6-11-24)25-12-7-4-8-13-25/h3-15,20-21,28H,16-19H2,1-2H3,(H2,33,34,35,36,37,40). The van der Waals surface area contributed by atoms with Crippen LogP contribution in [-0.2, 0) is 0 Å². The number of piperazine rings is 1. The maximum absolute atomic E-state index is 13.0. The molecule has 0 atom stereocenters. The molecule has 1 aliphatic heterocycles. The van der Waals surface area contributed by atoms with Crippen LogP contribution in [-0.4, -0.2) is 57.9 Å². The summed E-state index contributed by atoms with van der Waals surface area (Å²) in [5.41, 5.74) is 4.71. The molecule has 204 valence electrons. The van der Waals surface area contributed by atoms with Crippen LogP contribution in [0.3, 0.4) is 0 Å². The Kier molecular flexibility index (Phi) is 8.68. The van der Waals surface area contributed by atoms with E-state index in [4.69, 9.17) is 16.6 Å². The van der Waals surface area contributed by atoms with E-state index in [1.807, 2.05) is 32.0 Å². The first-order valence-electron chi connectivity index (χ1n) is 13.3. The number of carbonyl (C=O) groups excluding carboxylic acids is 1. The molecule has 2 N–H and O–H groups in total. The van der Waals surface area contributed by atoms with Gasteiger partial charge in [0, 0.05) is 48.3 Å². The zero-order chi connectivity index (χ0) is 27.9. The van der Waals surface area contributed by atoms with Crippen molar-refractivity contribution in [3.8, 4) is 0 Å². The van der Waals surface area contributed by atoms with Crippen molar-refractivity contribution in [2.24, 2.45) is 4.99 Å². The second-order valence-corrected chi connectivity index (χ2v) is 10.2. The maximum Gasteiger partial charge on any atom is 0.326 e. The highest BCUT2D eigenvalue weighted by atomic mass is 35.5. The molecule has 8 nitrogen and oxygen atoms in total. The molecule has 0 saturated carbocycles. The third kappa shape index (κ3) is 7.02. The summed E-state index contributed by atoms with van der Waals surface area (Å²) in [7, 11) is 0. The summed E-state index contributed by atoms with van der Waals surface area (Å²) >= 11 is 6.10. The second-order valence-electron chi connectivity index (χ2n) is 9.72. The lowest BCUT2D eigenvalue weighted by molar-refractivity contribution is 0.148. The average Bonchev–Trinajstić information content (AvgIpc) is 2.94. The van der Waals surface area contributed by atoms with Crippen molar-refractivity contribution in [3.05, 3.63) is 119 Å². The summed E-state index contributed by atoms with van der Waals surface area (Å²) in [6.45, 7) is 6.68. The molecule has 4 aromatic rings. The van der Waals surface area contributed by atoms with Gasteiger partial charge in [-0.2, -0.15) is 4.99 Å². The number of rotatable bonds is 5. The summed E-state index contributed by atoms with van der Waals surface area (Å²) in [6.07, 6.45) is 0. The molecule has 3 aromatic carbocycles. The molecule has 9 heteroatoms. The number of guanidine groups is 1. The fraction of sp³-hybridized carbons (Fsp3) is 0.226. The summed E-state index contributed by atoms with van der Waals surface area (Å²) < 4.78 is 0. The molecular weight excluding hydrogens is 522 g/mol. The number of hydrogen-bond acceptors (Lipinski definition) is 5. The number of urea groups is 1. The van der Waals surface area contributed by atoms with Gasteiger partial charge < -0.3 is 10.2 Å². The van der Waals surface area contributed by atoms with E-state index in [1.165, 1.54) is 11.1 Å². The van der Waals surface area contributed by atoms with Crippen LogP contribution in [0.4, 0.5) is 16.4 Å². The van der Waals surface area contributed by atoms with Gasteiger partial charge in [-0.05, 0) is 49.2 Å². The number of hydrogen-bond donors (Lipinski definition) is 2. The normalized spacial score (nSPS) is 14.3. The summed E-state index contributed by atoms with van der Waals surface area (Å²) in [4.78, 5) is 31.2. The first-order chi connectivity index (χ1) is 19.4. The van der Waals surface area contributed by atoms with Crippen LogP contribution in [0.5, 0.6) is 0 Å². The molecule has 0 unspecified atom stereocenters. The molecule has 1 fully saturated rings. The molecule has 2 amide bonds. The minimum absolute atomic E-state index is 0.131. The molecule has 40 heavy (non-hydrogen) atoms. The van der Waals surface area contributed by atoms with Crippen LogP contribution < -0.4 is 10.6 Å². The van der Waals surface area contributed by atoms with Gasteiger partial charge in [0.2, 0.25) is 5.96 Å². The van der Waals surface area contributed by atoms with Gasteiger partial charge in [0.1, 0.15) is 0 Å². The maximum atomic E-state index is 13.0. The molecule has 2 heterocycles. The Hall–Kier alpha value is -4.27. The van der Waals surface area contributed by atoms with E-state index in [0.717, 1.165) is 24.5 Å². The predicted molar refractivity (Wildman–Crippen MR) is 160 cm³/mol. The second kappa shape index (κ2) is 12.7. The lowest BCUT2D eigenvalue weighted by Crippen LogP contribution is -2.54. The van der Waals surface area contributed by atoms with Gasteiger partial charge in [0.25, 0.3) is 5.95 Å². The van der Waals surface area contributed by atoms with Crippen molar-refractivity contribution < 1.29 is 4.79 Å². The Labute approximate surface area is 239 Å². The summed E-state index contributed by atoms with van der Waals surface area (Å²) in [6, 6.07) is 29.7. The van der Waals surface area contributed by atoms with Crippen molar-refractivity contribution in [1.29, 1.82) is 0 Å². The van der Waals surface area contributed by atoms with Gasteiger partial charge in [-0.25, -0.2) is 14.8 Å². The quantitative estimate of drug-likeness (QED) is 0.235. The first kappa shape index (κ1) is 27.3. The highest BCUT2D eigenvalue weighted by Crippen LogP contribution is 2.29. The van der Waals surface area contributed by atoms with Crippen LogP contribution in [0.1, 0.15) is 28.6 Å². The number of nitrogens with one attached hydrogen (secondary N) is 2. The number of aromatic nitrogens is 2. The van der Waals surface area contributed by atoms with Crippen LogP contribution in [0.15, 0.2) is 96.0 Å². The van der Waals surface area contributed by atoms with E-state index >= 15 is 0 Å². The Morgan fingerprint density at radius 2 is 1.43 bits per heavy atom. The van der Waals surface area contributed by atoms with Crippen LogP contribution in [0.25, 0.3) is 0 Å². The predicted octanol–water partition coefficient (Wildman–Crippen LogP) is 5.96. The van der Waals surface area contributed by atoms with Crippen molar-refractivity contribution in [2.75, 3.05) is 31.5 Å². The largest absolute Gasteiger partial charge is 0.340 e. The minimum atomic E-state index is -0.417. The molecule has 0 radical (unpaired) electrons. The van der Waals surface area contributed by atoms with Gasteiger partial charge in [0.15, 0.2) is 0 Å². The zero-order valence-corrected chi connectivity index (χ0v) is 23.3. The number of halogens is 1. The molecule has 1 aliphatic rings. The van der Waals surface area contributed by atoms with Crippen molar-refractivity contribution in [1.82, 2.24) is 25.1 Å². The number of aliphatic imine (C=N–C) groups is 1. The van der Waals surface area contributed by atoms with E-state index in [0.29, 0.717) is 35.7 Å². The summed E-state index contributed by atoms with van der Waals surface area (Å²) in [5, 5.41) is 6.31. The Balaban J connectivity index is 1.37. The summed E-state index contributed by atoms with van der Waals surface area (Å²) in [5.74, 6) is 0.713. The number of amides is 2. The first-order valence-corrected chi connectivity index (χ1v) is 13.7. The van der Waals surface area contributed by atoms with Crippen LogP contribution in [0, 0.1) is 13.8 Å². The Morgan fingerprint density at radius 1 is 0.825 bits per heavy atom. The number of benzene rings is 3. The van der Waals surface area contributed by atoms with Crippen molar-refractivity contribution in [2.45, 2.75) is 19.9 Å². The van der Waals surface area contributed by atoms with Gasteiger partial charge in [-0.15, -0.1) is 0 Å². The molecule has 0 aliphatic carbocycles. The van der Waals surface area contributed by atoms with Crippen molar-refractivity contribution in [3.63, 3.8) is 0 Å². The van der Waals surface area contributed by atoms with E-state index in [-0.39, 0.29) is 6.04 Å². The molecular formula is C31H32ClN7O. The SMILES string of the molecule is Cc1cc(C)nc(/N=C(/NC(=O)Nc2cccc(Cl)c2)N2CCN(C(c3ccccc3)c3ccccc3)CC2)n1. The fourth-order valence-electron chi connectivity index (χ4n) is 4.94. The highest BCUT2D eigenvalue weighted by molar-refractivity contribution is 6.30. The van der Waals surface area contributed by atoms with Gasteiger partial charge in [-0.1, -0.05) is 78.3 Å². The van der Waals surface area contributed by atoms with Crippen LogP contribution >= 0.6 is 11.6 Å². The third-order valence-corrected chi connectivity index (χ3v) is 6.93. The number of nitrogens with zero attached hydrogens (tertiary/aromatic N) is 5. The number of anilines is 1. The lowest BCUT2D eigenvalue weighted by Gasteiger charge is -2.40. The molecule has 0 spiro atoms. The number of carbonyl (C=O) groups is 1. The minimum Gasteiger partial charge on any atom is -0.340 e. The highest BCUT2D eigenvalue weighted by Gasteiger charge is 2.28. The van der Waals surface area contributed by atoms with Crippen LogP contribution in [0.2, 0.25) is 5.02 Å². The average molecular weight is 554 g/mol. The zero-order valence-electron chi connectivity index (χ0n) is 22.6. The number of aryl methyl sites for hydroxylation is 2. The Morgan fingerprint density at radius 3 is 2.00 bits per heavy atom. The fourth-order valence-corrected chi connectivity index (χ4v) is 5.13. The molecule has 1 aromatic heterocycles. The van der Waals surface area contributed by atoms with Gasteiger partial charge in [0.05, 0.1) is 6.04 Å². The molecule has 5 rings (SSSR count). The van der Waals surface area contributed by atoms with Gasteiger partial charge in [-0.3, -0.25) is 10.2 Å². The van der Waals surface area contributed by atoms with Crippen molar-refractivity contribution >= 4 is 35.2 Å².